The molecule has 0 radical (unpaired) electrons. The Morgan fingerprint density at radius 1 is 1.32 bits per heavy atom. The number of hydrogen-bond donors (Lipinski definition) is 0. The summed E-state index contributed by atoms with van der Waals surface area (Å²) in [5.74, 6) is -0.797. The first-order chi connectivity index (χ1) is 10.5. The van der Waals surface area contributed by atoms with E-state index in [9.17, 15) is 14.9 Å². The number of aromatic nitrogens is 2. The van der Waals surface area contributed by atoms with Crippen molar-refractivity contribution < 1.29 is 19.2 Å². The number of aryl methyl sites for hydroxylation is 1. The Hall–Kier alpha value is -3.03. The van der Waals surface area contributed by atoms with Crippen LogP contribution in [-0.2, 0) is 4.74 Å². The Bertz CT molecular complexity index is 700. The highest BCUT2D eigenvalue weighted by Gasteiger charge is 2.19. The van der Waals surface area contributed by atoms with Crippen LogP contribution in [0.3, 0.4) is 0 Å². The van der Waals surface area contributed by atoms with Gasteiger partial charge in [-0.25, -0.2) is 9.78 Å². The third-order valence-corrected chi connectivity index (χ3v) is 2.61. The van der Waals surface area contributed by atoms with E-state index in [-0.39, 0.29) is 23.8 Å². The predicted molar refractivity (Wildman–Crippen MR) is 75.9 cm³/mol. The fourth-order valence-corrected chi connectivity index (χ4v) is 1.63. The van der Waals surface area contributed by atoms with E-state index >= 15 is 0 Å². The van der Waals surface area contributed by atoms with E-state index in [4.69, 9.17) is 9.47 Å². The lowest BCUT2D eigenvalue weighted by atomic mass is 10.3. The van der Waals surface area contributed by atoms with Crippen molar-refractivity contribution in [1.29, 1.82) is 0 Å². The molecule has 2 aromatic rings. The summed E-state index contributed by atoms with van der Waals surface area (Å²) in [6.45, 7) is 3.60. The summed E-state index contributed by atoms with van der Waals surface area (Å²) in [5.41, 5.74) is 0.774. The maximum atomic E-state index is 11.5. The average molecular weight is 303 g/mol. The van der Waals surface area contributed by atoms with Crippen LogP contribution < -0.4 is 4.74 Å². The van der Waals surface area contributed by atoms with Gasteiger partial charge >= 0.3 is 11.8 Å². The molecule has 0 unspecified atom stereocenters. The van der Waals surface area contributed by atoms with Crippen LogP contribution in [0.15, 0.2) is 30.5 Å². The Morgan fingerprint density at radius 3 is 2.68 bits per heavy atom. The lowest BCUT2D eigenvalue weighted by molar-refractivity contribution is -0.390. The fourth-order valence-electron chi connectivity index (χ4n) is 1.63. The molecule has 0 aromatic carbocycles. The van der Waals surface area contributed by atoms with Crippen molar-refractivity contribution in [3.63, 3.8) is 0 Å². The van der Waals surface area contributed by atoms with E-state index in [2.05, 4.69) is 9.97 Å². The van der Waals surface area contributed by atoms with E-state index in [1.165, 1.54) is 24.4 Å². The molecule has 2 aromatic heterocycles. The molecule has 2 rings (SSSR count). The van der Waals surface area contributed by atoms with Crippen LogP contribution in [0.25, 0.3) is 0 Å². The van der Waals surface area contributed by atoms with Crippen LogP contribution in [-0.4, -0.2) is 27.5 Å². The molecule has 8 nitrogen and oxygen atoms in total. The standard InChI is InChI=1S/C14H13N3O5/c1-3-21-14(18)10-5-7-12(15-8-10)22-11-6-4-9(2)16-13(11)17(19)20/h4-8H,3H2,1-2H3. The lowest BCUT2D eigenvalue weighted by Gasteiger charge is -2.06. The van der Waals surface area contributed by atoms with Gasteiger partial charge in [0.15, 0.2) is 0 Å². The summed E-state index contributed by atoms with van der Waals surface area (Å²) in [6, 6.07) is 5.93. The van der Waals surface area contributed by atoms with E-state index in [1.54, 1.807) is 19.9 Å². The molecule has 2 heterocycles. The third kappa shape index (κ3) is 3.54. The second-order valence-corrected chi connectivity index (χ2v) is 4.24. The Balaban J connectivity index is 2.21. The molecule has 22 heavy (non-hydrogen) atoms. The molecule has 0 aliphatic carbocycles. The number of pyridine rings is 2. The number of nitro groups is 1. The maximum absolute atomic E-state index is 11.5. The molecule has 0 saturated heterocycles. The van der Waals surface area contributed by atoms with Crippen molar-refractivity contribution in [3.05, 3.63) is 51.8 Å². The highest BCUT2D eigenvalue weighted by atomic mass is 16.6. The summed E-state index contributed by atoms with van der Waals surface area (Å²) < 4.78 is 10.2. The first kappa shape index (κ1) is 15.4. The number of esters is 1. The molecule has 0 bridgehead atoms. The highest BCUT2D eigenvalue weighted by Crippen LogP contribution is 2.28. The molecule has 0 atom stereocenters. The van der Waals surface area contributed by atoms with Gasteiger partial charge in [0, 0.05) is 19.2 Å². The predicted octanol–water partition coefficient (Wildman–Crippen LogP) is 2.66. The van der Waals surface area contributed by atoms with Gasteiger partial charge in [0.05, 0.1) is 12.2 Å². The second kappa shape index (κ2) is 6.61. The van der Waals surface area contributed by atoms with E-state index in [0.717, 1.165) is 0 Å². The van der Waals surface area contributed by atoms with Gasteiger partial charge in [-0.2, -0.15) is 0 Å². The monoisotopic (exact) mass is 303 g/mol. The topological polar surface area (TPSA) is 104 Å². The highest BCUT2D eigenvalue weighted by molar-refractivity contribution is 5.89. The van der Waals surface area contributed by atoms with Crippen molar-refractivity contribution in [3.8, 4) is 11.6 Å². The quantitative estimate of drug-likeness (QED) is 0.475. The minimum Gasteiger partial charge on any atom is -0.462 e. The minimum absolute atomic E-state index is 0.0213. The largest absolute Gasteiger partial charge is 0.462 e. The molecule has 0 fully saturated rings. The summed E-state index contributed by atoms with van der Waals surface area (Å²) >= 11 is 0. The van der Waals surface area contributed by atoms with Crippen molar-refractivity contribution in [2.24, 2.45) is 0 Å². The van der Waals surface area contributed by atoms with Crippen LogP contribution in [0.2, 0.25) is 0 Å². The molecular formula is C14H13N3O5. The second-order valence-electron chi connectivity index (χ2n) is 4.24. The van der Waals surface area contributed by atoms with Gasteiger partial charge in [-0.05, 0) is 35.0 Å². The zero-order chi connectivity index (χ0) is 16.1. The van der Waals surface area contributed by atoms with Gasteiger partial charge < -0.3 is 19.6 Å². The number of carbonyl (C=O) groups excluding carboxylic acids is 1. The van der Waals surface area contributed by atoms with E-state index in [1.807, 2.05) is 0 Å². The van der Waals surface area contributed by atoms with Gasteiger partial charge in [0.2, 0.25) is 11.6 Å². The van der Waals surface area contributed by atoms with Crippen LogP contribution in [0.4, 0.5) is 5.82 Å². The van der Waals surface area contributed by atoms with Gasteiger partial charge in [-0.15, -0.1) is 0 Å². The molecule has 114 valence electrons. The van der Waals surface area contributed by atoms with Crippen molar-refractivity contribution in [2.45, 2.75) is 13.8 Å². The van der Waals surface area contributed by atoms with E-state index in [0.29, 0.717) is 5.69 Å². The number of hydrogen-bond acceptors (Lipinski definition) is 7. The van der Waals surface area contributed by atoms with Crippen LogP contribution in [0, 0.1) is 17.0 Å². The average Bonchev–Trinajstić information content (AvgIpc) is 2.50. The normalized spacial score (nSPS) is 10.1. The zero-order valence-electron chi connectivity index (χ0n) is 12.0. The van der Waals surface area contributed by atoms with Crippen LogP contribution in [0.5, 0.6) is 11.6 Å². The summed E-state index contributed by atoms with van der Waals surface area (Å²) in [5, 5.41) is 11.0. The minimum atomic E-state index is -0.630. The van der Waals surface area contributed by atoms with E-state index < -0.39 is 16.7 Å². The molecule has 0 spiro atoms. The van der Waals surface area contributed by atoms with Crippen molar-refractivity contribution in [1.82, 2.24) is 9.97 Å². The van der Waals surface area contributed by atoms with Gasteiger partial charge in [-0.3, -0.25) is 0 Å². The first-order valence-electron chi connectivity index (χ1n) is 6.44. The number of ether oxygens (including phenoxy) is 2. The zero-order valence-corrected chi connectivity index (χ0v) is 12.0. The van der Waals surface area contributed by atoms with Crippen LogP contribution >= 0.6 is 0 Å². The molecule has 8 heteroatoms. The smallest absolute Gasteiger partial charge is 0.407 e. The van der Waals surface area contributed by atoms with Crippen molar-refractivity contribution in [2.75, 3.05) is 6.61 Å². The SMILES string of the molecule is CCOC(=O)c1ccc(Oc2ccc(C)nc2[N+](=O)[O-])nc1. The maximum Gasteiger partial charge on any atom is 0.407 e. The first-order valence-corrected chi connectivity index (χ1v) is 6.44. The molecule has 0 aliphatic heterocycles. The summed E-state index contributed by atoms with van der Waals surface area (Å²) in [7, 11) is 0. The van der Waals surface area contributed by atoms with Crippen LogP contribution in [0.1, 0.15) is 23.0 Å². The molecule has 0 aliphatic rings. The number of carbonyl (C=O) groups is 1. The third-order valence-electron chi connectivity index (χ3n) is 2.61. The fraction of sp³-hybridized carbons (Fsp3) is 0.214. The molecular weight excluding hydrogens is 290 g/mol. The molecule has 0 N–H and O–H groups in total. The Kier molecular flexibility index (Phi) is 4.62. The van der Waals surface area contributed by atoms with Crippen molar-refractivity contribution >= 4 is 11.8 Å². The number of rotatable bonds is 5. The van der Waals surface area contributed by atoms with Gasteiger partial charge in [0.25, 0.3) is 0 Å². The Morgan fingerprint density at radius 2 is 2.09 bits per heavy atom. The molecule has 0 saturated carbocycles. The summed E-state index contributed by atoms with van der Waals surface area (Å²) in [6.07, 6.45) is 1.28. The Labute approximate surface area is 125 Å². The lowest BCUT2D eigenvalue weighted by Crippen LogP contribution is -2.05. The summed E-state index contributed by atoms with van der Waals surface area (Å²) in [4.78, 5) is 29.6. The number of nitrogens with zero attached hydrogens (tertiary/aromatic N) is 3. The van der Waals surface area contributed by atoms with Gasteiger partial charge in [0.1, 0.15) is 5.69 Å². The molecule has 0 amide bonds. The van der Waals surface area contributed by atoms with Gasteiger partial charge in [-0.1, -0.05) is 0 Å².